The molecule has 0 aliphatic carbocycles. The summed E-state index contributed by atoms with van der Waals surface area (Å²) in [6, 6.07) is 0. The summed E-state index contributed by atoms with van der Waals surface area (Å²) < 4.78 is 5.23. The molecule has 0 spiro atoms. The van der Waals surface area contributed by atoms with E-state index in [-0.39, 0.29) is 0 Å². The average molecular weight is 152 g/mol. The van der Waals surface area contributed by atoms with E-state index in [1.54, 1.807) is 0 Å². The van der Waals surface area contributed by atoms with Crippen LogP contribution in [0, 0.1) is 5.92 Å². The second-order valence-corrected chi connectivity index (χ2v) is 5.03. The third-order valence-corrected chi connectivity index (χ3v) is 1.46. The van der Waals surface area contributed by atoms with Gasteiger partial charge in [-0.05, 0) is 12.6 Å². The zero-order valence-corrected chi connectivity index (χ0v) is 7.38. The van der Waals surface area contributed by atoms with Crippen LogP contribution in [-0.4, -0.2) is 13.3 Å². The van der Waals surface area contributed by atoms with Crippen LogP contribution < -0.4 is 0 Å². The van der Waals surface area contributed by atoms with Gasteiger partial charge in [0, 0.05) is 0 Å². The molecule has 1 unspecified atom stereocenters. The van der Waals surface area contributed by atoms with Crippen LogP contribution in [0.5, 0.6) is 0 Å². The van der Waals surface area contributed by atoms with Crippen LogP contribution in [0.1, 0.15) is 13.8 Å². The van der Waals surface area contributed by atoms with E-state index in [4.69, 9.17) is 4.52 Å². The van der Waals surface area contributed by atoms with E-state index in [1.165, 1.54) is 0 Å². The highest BCUT2D eigenvalue weighted by molar-refractivity contribution is 8.43. The van der Waals surface area contributed by atoms with Crippen LogP contribution in [0.25, 0.3) is 0 Å². The smallest absolute Gasteiger partial charge is 0.0824 e. The van der Waals surface area contributed by atoms with Crippen molar-refractivity contribution in [2.24, 2.45) is 5.92 Å². The quantitative estimate of drug-likeness (QED) is 0.483. The van der Waals surface area contributed by atoms with Gasteiger partial charge in [0.25, 0.3) is 0 Å². The van der Waals surface area contributed by atoms with E-state index >= 15 is 0 Å². The summed E-state index contributed by atoms with van der Waals surface area (Å²) in [4.78, 5) is 0. The fourth-order valence-electron chi connectivity index (χ4n) is 0.257. The van der Waals surface area contributed by atoms with E-state index < -0.39 is 7.35 Å². The third kappa shape index (κ3) is 6.74. The lowest BCUT2D eigenvalue weighted by Crippen LogP contribution is -1.95. The van der Waals surface area contributed by atoms with Gasteiger partial charge in [-0.3, -0.25) is 0 Å². The minimum Gasteiger partial charge on any atom is -0.348 e. The fourth-order valence-corrected chi connectivity index (χ4v) is 0.971. The first kappa shape index (κ1) is 8.74. The van der Waals surface area contributed by atoms with Gasteiger partial charge in [-0.15, -0.1) is 12.2 Å². The van der Waals surface area contributed by atoms with Crippen molar-refractivity contribution in [2.75, 3.05) is 13.3 Å². The van der Waals surface area contributed by atoms with Crippen molar-refractivity contribution in [1.29, 1.82) is 0 Å². The first-order chi connectivity index (χ1) is 3.63. The van der Waals surface area contributed by atoms with E-state index in [2.05, 4.69) is 26.1 Å². The summed E-state index contributed by atoms with van der Waals surface area (Å²) in [6.07, 6.45) is 0. The summed E-state index contributed by atoms with van der Waals surface area (Å²) in [7, 11) is -0.439. The molecule has 0 radical (unpaired) electrons. The van der Waals surface area contributed by atoms with Gasteiger partial charge in [0.1, 0.15) is 0 Å². The van der Waals surface area contributed by atoms with E-state index in [1.807, 2.05) is 6.66 Å². The molecule has 1 atom stereocenters. The first-order valence-electron chi connectivity index (χ1n) is 2.68. The van der Waals surface area contributed by atoms with Gasteiger partial charge in [-0.25, -0.2) is 0 Å². The molecule has 0 aliphatic heterocycles. The second-order valence-electron chi connectivity index (χ2n) is 2.15. The van der Waals surface area contributed by atoms with Gasteiger partial charge >= 0.3 is 0 Å². The van der Waals surface area contributed by atoms with E-state index in [0.717, 1.165) is 6.61 Å². The number of rotatable bonds is 3. The lowest BCUT2D eigenvalue weighted by atomic mass is 10.2. The van der Waals surface area contributed by atoms with Crippen molar-refractivity contribution in [2.45, 2.75) is 13.8 Å². The van der Waals surface area contributed by atoms with Gasteiger partial charge in [-0.2, -0.15) is 0 Å². The average Bonchev–Trinajstić information content (AvgIpc) is 1.61. The van der Waals surface area contributed by atoms with Gasteiger partial charge < -0.3 is 4.52 Å². The van der Waals surface area contributed by atoms with Crippen molar-refractivity contribution in [3.05, 3.63) is 0 Å². The molecule has 0 bridgehead atoms. The molecule has 0 saturated carbocycles. The molecule has 0 fully saturated rings. The number of thiol groups is 1. The van der Waals surface area contributed by atoms with Crippen LogP contribution in [-0.2, 0) is 4.52 Å². The molecule has 0 N–H and O–H groups in total. The maximum Gasteiger partial charge on any atom is 0.0824 e. The zero-order chi connectivity index (χ0) is 6.57. The molecule has 0 aromatic carbocycles. The molecule has 50 valence electrons. The molecule has 0 aromatic rings. The Labute approximate surface area is 57.8 Å². The predicted molar refractivity (Wildman–Crippen MR) is 42.6 cm³/mol. The molecule has 0 amide bonds. The Hall–Kier alpha value is 0.740. The Morgan fingerprint density at radius 1 is 1.62 bits per heavy atom. The number of hydrogen-bond donors (Lipinski definition) is 1. The molecule has 0 saturated heterocycles. The minimum absolute atomic E-state index is 0.439. The van der Waals surface area contributed by atoms with Gasteiger partial charge in [-0.1, -0.05) is 13.8 Å². The Bertz CT molecular complexity index is 48.4. The van der Waals surface area contributed by atoms with E-state index in [9.17, 15) is 0 Å². The normalized spacial score (nSPS) is 14.6. The van der Waals surface area contributed by atoms with E-state index in [0.29, 0.717) is 5.92 Å². The summed E-state index contributed by atoms with van der Waals surface area (Å²) >= 11 is 4.12. The topological polar surface area (TPSA) is 9.23 Å². The summed E-state index contributed by atoms with van der Waals surface area (Å²) in [5.74, 6) is 0.632. The molecule has 8 heavy (non-hydrogen) atoms. The molecule has 3 heteroatoms. The fraction of sp³-hybridized carbons (Fsp3) is 1.00. The Morgan fingerprint density at radius 2 is 2.12 bits per heavy atom. The molecule has 0 rings (SSSR count). The summed E-state index contributed by atoms with van der Waals surface area (Å²) in [5.41, 5.74) is 0. The molecular weight excluding hydrogens is 139 g/mol. The van der Waals surface area contributed by atoms with Crippen molar-refractivity contribution in [3.8, 4) is 0 Å². The van der Waals surface area contributed by atoms with Crippen LogP contribution in [0.3, 0.4) is 0 Å². The van der Waals surface area contributed by atoms with Gasteiger partial charge in [0.15, 0.2) is 0 Å². The van der Waals surface area contributed by atoms with Crippen molar-refractivity contribution < 1.29 is 4.52 Å². The zero-order valence-electron chi connectivity index (χ0n) is 5.59. The lowest BCUT2D eigenvalue weighted by Gasteiger charge is -2.07. The second kappa shape index (κ2) is 4.60. The lowest BCUT2D eigenvalue weighted by molar-refractivity contribution is 0.306. The molecular formula is C5H13OPS. The maximum absolute atomic E-state index is 5.23. The van der Waals surface area contributed by atoms with Crippen LogP contribution in [0.15, 0.2) is 0 Å². The molecule has 1 nitrogen and oxygen atoms in total. The van der Waals surface area contributed by atoms with Crippen molar-refractivity contribution >= 4 is 19.6 Å². The minimum atomic E-state index is -0.439. The highest BCUT2D eigenvalue weighted by Crippen LogP contribution is 2.36. The van der Waals surface area contributed by atoms with Crippen LogP contribution >= 0.6 is 19.6 Å². The highest BCUT2D eigenvalue weighted by atomic mass is 32.7. The van der Waals surface area contributed by atoms with Crippen LogP contribution in [0.2, 0.25) is 0 Å². The Kier molecular flexibility index (Phi) is 5.03. The molecule has 0 heterocycles. The maximum atomic E-state index is 5.23. The van der Waals surface area contributed by atoms with Crippen molar-refractivity contribution in [3.63, 3.8) is 0 Å². The Morgan fingerprint density at radius 3 is 2.25 bits per heavy atom. The predicted octanol–water partition coefficient (Wildman–Crippen LogP) is 2.53. The standard InChI is InChI=1S/C5H13OPS/c1-5(2)4-6-7(3)8/h5,8H,4H2,1-3H3. The summed E-state index contributed by atoms with van der Waals surface area (Å²) in [6.45, 7) is 7.09. The number of hydrogen-bond acceptors (Lipinski definition) is 2. The third-order valence-electron chi connectivity index (χ3n) is 0.595. The first-order valence-corrected chi connectivity index (χ1v) is 5.54. The van der Waals surface area contributed by atoms with Gasteiger partial charge in [0.2, 0.25) is 0 Å². The largest absolute Gasteiger partial charge is 0.348 e. The highest BCUT2D eigenvalue weighted by Gasteiger charge is 1.95. The Balaban J connectivity index is 2.93. The monoisotopic (exact) mass is 152 g/mol. The van der Waals surface area contributed by atoms with Crippen molar-refractivity contribution in [1.82, 2.24) is 0 Å². The molecule has 0 aliphatic rings. The summed E-state index contributed by atoms with van der Waals surface area (Å²) in [5, 5.41) is 0. The van der Waals surface area contributed by atoms with Gasteiger partial charge in [0.05, 0.1) is 14.0 Å². The molecule has 0 aromatic heterocycles. The van der Waals surface area contributed by atoms with Crippen LogP contribution in [0.4, 0.5) is 0 Å². The SMILES string of the molecule is CC(C)COP(C)S.